The van der Waals surface area contributed by atoms with Crippen LogP contribution in [0.4, 0.5) is 11.4 Å². The number of hydrogen-bond donors (Lipinski definition) is 2. The minimum absolute atomic E-state index is 0.0283. The van der Waals surface area contributed by atoms with E-state index in [1.54, 1.807) is 54.0 Å². The van der Waals surface area contributed by atoms with Crippen LogP contribution in [-0.4, -0.2) is 53.2 Å². The number of para-hydroxylation sites is 2. The number of ketones is 1. The standard InChI is InChI=1S/C43H39N2O6P/c1-3-26-51-40(48)29-52(34-20-9-5-10-21-34,35-22-11-6-12-23-35)39-25-14-13-24-36(39)45-37(41(30(2)46)43(45)50)28-38(47)31-16-15-17-32(27-31)42(49)44-33-18-7-4-8-19-33/h3-25,27,29-30,37,41,46H,1,26,28H2,2H3,(H,44,49)/t30-,37-,41-/m1/s1. The summed E-state index contributed by atoms with van der Waals surface area (Å²) in [6, 6.07) is 41.5. The average Bonchev–Trinajstić information content (AvgIpc) is 3.17. The zero-order chi connectivity index (χ0) is 36.7. The molecular formula is C43H39N2O6P. The largest absolute Gasteiger partial charge is 0.458 e. The predicted octanol–water partition coefficient (Wildman–Crippen LogP) is 5.75. The molecule has 0 bridgehead atoms. The summed E-state index contributed by atoms with van der Waals surface area (Å²) in [5, 5.41) is 16.1. The molecule has 262 valence electrons. The molecule has 5 aromatic carbocycles. The van der Waals surface area contributed by atoms with Gasteiger partial charge in [0.2, 0.25) is 5.91 Å². The van der Waals surface area contributed by atoms with E-state index in [4.69, 9.17) is 4.74 Å². The van der Waals surface area contributed by atoms with Gasteiger partial charge in [0.1, 0.15) is 6.61 Å². The molecule has 6 rings (SSSR count). The topological polar surface area (TPSA) is 113 Å². The lowest BCUT2D eigenvalue weighted by Crippen LogP contribution is -2.66. The number of esters is 1. The van der Waals surface area contributed by atoms with Crippen molar-refractivity contribution in [2.45, 2.75) is 25.5 Å². The Morgan fingerprint density at radius 3 is 2.02 bits per heavy atom. The van der Waals surface area contributed by atoms with Gasteiger partial charge in [-0.3, -0.25) is 14.4 Å². The smallest absolute Gasteiger partial charge is 0.332 e. The van der Waals surface area contributed by atoms with Gasteiger partial charge in [-0.05, 0) is 54.8 Å². The normalized spacial score (nSPS) is 15.9. The van der Waals surface area contributed by atoms with Gasteiger partial charge in [-0.25, -0.2) is 4.79 Å². The molecule has 1 fully saturated rings. The maximum Gasteiger partial charge on any atom is 0.332 e. The van der Waals surface area contributed by atoms with Crippen LogP contribution in [0, 0.1) is 5.92 Å². The van der Waals surface area contributed by atoms with Crippen molar-refractivity contribution >= 4 is 63.5 Å². The van der Waals surface area contributed by atoms with Crippen LogP contribution in [0.15, 0.2) is 152 Å². The van der Waals surface area contributed by atoms with Crippen molar-refractivity contribution in [3.63, 3.8) is 0 Å². The van der Waals surface area contributed by atoms with Crippen molar-refractivity contribution in [2.24, 2.45) is 5.92 Å². The molecule has 0 aromatic heterocycles. The van der Waals surface area contributed by atoms with Crippen molar-refractivity contribution < 1.29 is 29.0 Å². The monoisotopic (exact) mass is 710 g/mol. The summed E-state index contributed by atoms with van der Waals surface area (Å²) in [7, 11) is 0. The highest BCUT2D eigenvalue weighted by Crippen LogP contribution is 2.48. The number of carbonyl (C=O) groups excluding carboxylic acids is 4. The highest BCUT2D eigenvalue weighted by molar-refractivity contribution is 7.95. The third-order valence-electron chi connectivity index (χ3n) is 9.15. The van der Waals surface area contributed by atoms with Crippen LogP contribution in [0.1, 0.15) is 34.1 Å². The Kier molecular flexibility index (Phi) is 11.1. The maximum absolute atomic E-state index is 14.1. The number of amides is 2. The Morgan fingerprint density at radius 1 is 0.827 bits per heavy atom. The Morgan fingerprint density at radius 2 is 1.40 bits per heavy atom. The first-order valence-corrected chi connectivity index (χ1v) is 18.8. The molecule has 9 heteroatoms. The molecule has 2 amide bonds. The molecule has 0 spiro atoms. The van der Waals surface area contributed by atoms with E-state index in [1.165, 1.54) is 6.08 Å². The Labute approximate surface area is 303 Å². The molecule has 0 saturated carbocycles. The minimum atomic E-state index is -2.98. The van der Waals surface area contributed by atoms with Crippen LogP contribution in [0.5, 0.6) is 0 Å². The van der Waals surface area contributed by atoms with E-state index in [0.717, 1.165) is 15.9 Å². The lowest BCUT2D eigenvalue weighted by Gasteiger charge is -2.49. The molecule has 1 aliphatic rings. The van der Waals surface area contributed by atoms with E-state index >= 15 is 0 Å². The van der Waals surface area contributed by atoms with Gasteiger partial charge in [0, 0.05) is 34.3 Å². The SMILES string of the molecule is C=CCOC(=O)C=P(c1ccccc1)(c1ccccc1)c1ccccc1N1C(=O)[C@H]([C@@H](C)O)[C@H]1CC(=O)c1cccc(C(=O)Nc2ccccc2)c1. The van der Waals surface area contributed by atoms with Gasteiger partial charge < -0.3 is 20.1 Å². The van der Waals surface area contributed by atoms with Crippen molar-refractivity contribution in [1.29, 1.82) is 0 Å². The highest BCUT2D eigenvalue weighted by atomic mass is 31.2. The van der Waals surface area contributed by atoms with Crippen LogP contribution in [0.2, 0.25) is 0 Å². The lowest BCUT2D eigenvalue weighted by atomic mass is 9.79. The number of carbonyl (C=O) groups is 4. The number of aliphatic hydroxyl groups is 1. The van der Waals surface area contributed by atoms with Crippen molar-refractivity contribution in [2.75, 3.05) is 16.8 Å². The first-order valence-electron chi connectivity index (χ1n) is 17.0. The molecule has 1 heterocycles. The van der Waals surface area contributed by atoms with Gasteiger partial charge >= 0.3 is 5.97 Å². The zero-order valence-electron chi connectivity index (χ0n) is 28.7. The fourth-order valence-corrected chi connectivity index (χ4v) is 10.6. The number of anilines is 2. The number of rotatable bonds is 13. The van der Waals surface area contributed by atoms with Crippen molar-refractivity contribution in [3.05, 3.63) is 163 Å². The number of ether oxygens (including phenoxy) is 1. The number of hydrogen-bond acceptors (Lipinski definition) is 6. The molecule has 5 aromatic rings. The third-order valence-corrected chi connectivity index (χ3v) is 13.1. The number of nitrogens with one attached hydrogen (secondary N) is 1. The first-order chi connectivity index (χ1) is 25.2. The molecule has 0 unspecified atom stereocenters. The maximum atomic E-state index is 14.1. The lowest BCUT2D eigenvalue weighted by molar-refractivity contribution is -0.135. The van der Waals surface area contributed by atoms with E-state index in [-0.39, 0.29) is 30.6 Å². The molecule has 0 radical (unpaired) electrons. The van der Waals surface area contributed by atoms with Gasteiger partial charge in [-0.15, -0.1) is 0 Å². The van der Waals surface area contributed by atoms with Gasteiger partial charge in [0.15, 0.2) is 5.78 Å². The Balaban J connectivity index is 1.43. The summed E-state index contributed by atoms with van der Waals surface area (Å²) in [5.41, 5.74) is 1.79. The summed E-state index contributed by atoms with van der Waals surface area (Å²) >= 11 is 0. The highest BCUT2D eigenvalue weighted by Gasteiger charge is 2.52. The number of benzene rings is 5. The van der Waals surface area contributed by atoms with Gasteiger partial charge in [0.25, 0.3) is 5.91 Å². The number of Topliss-reactive ketones (excluding diaryl/α,β-unsaturated/α-hetero) is 1. The second-order valence-electron chi connectivity index (χ2n) is 12.5. The summed E-state index contributed by atoms with van der Waals surface area (Å²) in [4.78, 5) is 56.3. The second kappa shape index (κ2) is 16.0. The third kappa shape index (κ3) is 7.31. The fourth-order valence-electron chi connectivity index (χ4n) is 6.75. The minimum Gasteiger partial charge on any atom is -0.458 e. The molecular weight excluding hydrogens is 671 g/mol. The fraction of sp³-hybridized carbons (Fsp3) is 0.140. The van der Waals surface area contributed by atoms with Crippen molar-refractivity contribution in [1.82, 2.24) is 0 Å². The van der Waals surface area contributed by atoms with E-state index in [1.807, 2.05) is 103 Å². The predicted molar refractivity (Wildman–Crippen MR) is 209 cm³/mol. The molecule has 1 aliphatic heterocycles. The Hall–Kier alpha value is -5.82. The first kappa shape index (κ1) is 36.0. The summed E-state index contributed by atoms with van der Waals surface area (Å²) in [6.07, 6.45) is 0.374. The number of aliphatic hydroxyl groups excluding tert-OH is 1. The summed E-state index contributed by atoms with van der Waals surface area (Å²) < 4.78 is 5.53. The van der Waals surface area contributed by atoms with Crippen LogP contribution in [0.3, 0.4) is 0 Å². The molecule has 3 atom stereocenters. The second-order valence-corrected chi connectivity index (χ2v) is 15.7. The van der Waals surface area contributed by atoms with Crippen LogP contribution in [-0.2, 0) is 14.3 Å². The zero-order valence-corrected chi connectivity index (χ0v) is 29.6. The molecule has 8 nitrogen and oxygen atoms in total. The van der Waals surface area contributed by atoms with E-state index in [2.05, 4.69) is 11.9 Å². The molecule has 1 saturated heterocycles. The quantitative estimate of drug-likeness (QED) is 0.0530. The van der Waals surface area contributed by atoms with E-state index < -0.39 is 30.9 Å². The van der Waals surface area contributed by atoms with Gasteiger partial charge in [-0.1, -0.05) is 122 Å². The molecule has 0 aliphatic carbocycles. The Bertz CT molecular complexity index is 2110. The van der Waals surface area contributed by atoms with Gasteiger partial charge in [0.05, 0.1) is 23.8 Å². The van der Waals surface area contributed by atoms with Gasteiger partial charge in [-0.2, -0.15) is 0 Å². The van der Waals surface area contributed by atoms with Crippen molar-refractivity contribution in [3.8, 4) is 0 Å². The number of β-lactam (4-membered cyclic amide) rings is 1. The van der Waals surface area contributed by atoms with E-state index in [0.29, 0.717) is 22.5 Å². The summed E-state index contributed by atoms with van der Waals surface area (Å²) in [6.45, 7) is 2.28. The van der Waals surface area contributed by atoms with Crippen LogP contribution < -0.4 is 26.1 Å². The van der Waals surface area contributed by atoms with E-state index in [9.17, 15) is 24.3 Å². The van der Waals surface area contributed by atoms with Crippen LogP contribution in [0.25, 0.3) is 0 Å². The number of nitrogens with zero attached hydrogens (tertiary/aromatic N) is 1. The average molecular weight is 711 g/mol. The molecule has 52 heavy (non-hydrogen) atoms. The molecule has 2 N–H and O–H groups in total. The summed E-state index contributed by atoms with van der Waals surface area (Å²) in [5.74, 6) is -0.721. The van der Waals surface area contributed by atoms with Crippen LogP contribution >= 0.6 is 6.89 Å².